The van der Waals surface area contributed by atoms with Gasteiger partial charge in [0.05, 0.1) is 19.8 Å². The Bertz CT molecular complexity index is 974. The van der Waals surface area contributed by atoms with Gasteiger partial charge in [-0.05, 0) is 36.2 Å². The molecule has 0 aliphatic carbocycles. The van der Waals surface area contributed by atoms with Crippen molar-refractivity contribution in [2.75, 3.05) is 20.8 Å². The summed E-state index contributed by atoms with van der Waals surface area (Å²) in [5, 5.41) is 6.63. The first kappa shape index (κ1) is 20.3. The summed E-state index contributed by atoms with van der Waals surface area (Å²) in [4.78, 5) is 16.2. The van der Waals surface area contributed by atoms with Crippen LogP contribution in [-0.2, 0) is 17.6 Å². The second kappa shape index (κ2) is 9.68. The number of halogens is 1. The van der Waals surface area contributed by atoms with Crippen LogP contribution >= 0.6 is 0 Å². The van der Waals surface area contributed by atoms with Gasteiger partial charge in [-0.15, -0.1) is 0 Å². The zero-order chi connectivity index (χ0) is 20.6. The van der Waals surface area contributed by atoms with Crippen LogP contribution in [0.25, 0.3) is 11.4 Å². The van der Waals surface area contributed by atoms with Crippen LogP contribution in [0.4, 0.5) is 4.39 Å². The fraction of sp³-hybridized carbons (Fsp3) is 0.286. The van der Waals surface area contributed by atoms with E-state index in [1.54, 1.807) is 32.4 Å². The third-order valence-electron chi connectivity index (χ3n) is 4.33. The first-order valence-corrected chi connectivity index (χ1v) is 9.15. The second-order valence-electron chi connectivity index (χ2n) is 6.28. The van der Waals surface area contributed by atoms with Crippen LogP contribution < -0.4 is 14.8 Å². The molecular weight excluding hydrogens is 377 g/mol. The minimum Gasteiger partial charge on any atom is -0.493 e. The number of aryl methyl sites for hydroxylation is 1. The molecule has 8 heteroatoms. The maximum Gasteiger partial charge on any atom is 0.227 e. The van der Waals surface area contributed by atoms with Crippen LogP contribution in [0.1, 0.15) is 17.9 Å². The highest BCUT2D eigenvalue weighted by Gasteiger charge is 2.13. The Morgan fingerprint density at radius 1 is 1.10 bits per heavy atom. The van der Waals surface area contributed by atoms with E-state index in [4.69, 9.17) is 14.0 Å². The molecule has 0 unspecified atom stereocenters. The summed E-state index contributed by atoms with van der Waals surface area (Å²) >= 11 is 0. The predicted octanol–water partition coefficient (Wildman–Crippen LogP) is 3.18. The smallest absolute Gasteiger partial charge is 0.227 e. The van der Waals surface area contributed by atoms with Crippen molar-refractivity contribution in [3.8, 4) is 22.9 Å². The van der Waals surface area contributed by atoms with Crippen molar-refractivity contribution in [1.82, 2.24) is 15.5 Å². The van der Waals surface area contributed by atoms with Gasteiger partial charge in [-0.3, -0.25) is 4.79 Å². The molecule has 2 aromatic carbocycles. The van der Waals surface area contributed by atoms with E-state index in [1.165, 1.54) is 6.07 Å². The van der Waals surface area contributed by atoms with Gasteiger partial charge in [-0.25, -0.2) is 4.39 Å². The first-order chi connectivity index (χ1) is 14.1. The molecular formula is C21H22FN3O4. The van der Waals surface area contributed by atoms with Gasteiger partial charge in [0.2, 0.25) is 17.6 Å². The molecule has 3 rings (SSSR count). The number of carbonyl (C=O) groups excluding carboxylic acids is 1. The van der Waals surface area contributed by atoms with Gasteiger partial charge in [0, 0.05) is 19.4 Å². The lowest BCUT2D eigenvalue weighted by molar-refractivity contribution is -0.121. The van der Waals surface area contributed by atoms with Gasteiger partial charge >= 0.3 is 0 Å². The topological polar surface area (TPSA) is 86.5 Å². The Morgan fingerprint density at radius 3 is 2.66 bits per heavy atom. The standard InChI is InChI=1S/C21H22FN3O4/c1-27-17-8-7-14(13-18(17)28-2)11-12-23-19(26)9-10-20-24-21(25-29-20)15-5-3-4-6-16(15)22/h3-8,13H,9-12H2,1-2H3,(H,23,26). The molecule has 7 nitrogen and oxygen atoms in total. The lowest BCUT2D eigenvalue weighted by Gasteiger charge is -2.10. The normalized spacial score (nSPS) is 10.6. The van der Waals surface area contributed by atoms with Crippen LogP contribution in [0.15, 0.2) is 47.0 Å². The largest absolute Gasteiger partial charge is 0.493 e. The lowest BCUT2D eigenvalue weighted by atomic mass is 10.1. The van der Waals surface area contributed by atoms with Crippen molar-refractivity contribution in [3.05, 3.63) is 59.7 Å². The highest BCUT2D eigenvalue weighted by atomic mass is 19.1. The van der Waals surface area contributed by atoms with Crippen LogP contribution in [0, 0.1) is 5.82 Å². The number of carbonyl (C=O) groups is 1. The van der Waals surface area contributed by atoms with E-state index >= 15 is 0 Å². The second-order valence-corrected chi connectivity index (χ2v) is 6.28. The molecule has 1 heterocycles. The Hall–Kier alpha value is -3.42. The van der Waals surface area contributed by atoms with Crippen molar-refractivity contribution in [3.63, 3.8) is 0 Å². The van der Waals surface area contributed by atoms with Gasteiger partial charge in [-0.1, -0.05) is 23.4 Å². The Morgan fingerprint density at radius 2 is 1.90 bits per heavy atom. The van der Waals surface area contributed by atoms with Crippen molar-refractivity contribution >= 4 is 5.91 Å². The van der Waals surface area contributed by atoms with E-state index in [1.807, 2.05) is 18.2 Å². The number of hydrogen-bond acceptors (Lipinski definition) is 6. The first-order valence-electron chi connectivity index (χ1n) is 9.15. The average Bonchev–Trinajstić information content (AvgIpc) is 3.21. The Balaban J connectivity index is 1.46. The highest BCUT2D eigenvalue weighted by molar-refractivity contribution is 5.76. The maximum absolute atomic E-state index is 13.8. The summed E-state index contributed by atoms with van der Waals surface area (Å²) in [7, 11) is 3.17. The molecule has 1 N–H and O–H groups in total. The summed E-state index contributed by atoms with van der Waals surface area (Å²) in [6.07, 6.45) is 1.14. The van der Waals surface area contributed by atoms with E-state index in [9.17, 15) is 9.18 Å². The summed E-state index contributed by atoms with van der Waals surface area (Å²) < 4.78 is 29.4. The molecule has 0 saturated heterocycles. The molecule has 1 aromatic heterocycles. The van der Waals surface area contributed by atoms with Crippen molar-refractivity contribution in [1.29, 1.82) is 0 Å². The molecule has 152 valence electrons. The molecule has 1 amide bonds. The van der Waals surface area contributed by atoms with Gasteiger partial charge in [0.1, 0.15) is 5.82 Å². The van der Waals surface area contributed by atoms with Crippen molar-refractivity contribution < 1.29 is 23.2 Å². The minimum atomic E-state index is -0.423. The van der Waals surface area contributed by atoms with Gasteiger partial charge in [-0.2, -0.15) is 4.98 Å². The van der Waals surface area contributed by atoms with E-state index in [0.29, 0.717) is 30.4 Å². The molecule has 29 heavy (non-hydrogen) atoms. The SMILES string of the molecule is COc1ccc(CCNC(=O)CCc2nc(-c3ccccc3F)no2)cc1OC. The van der Waals surface area contributed by atoms with Crippen molar-refractivity contribution in [2.24, 2.45) is 0 Å². The molecule has 0 bridgehead atoms. The number of methoxy groups -OCH3 is 2. The van der Waals surface area contributed by atoms with Gasteiger partial charge in [0.15, 0.2) is 11.5 Å². The van der Waals surface area contributed by atoms with E-state index in [2.05, 4.69) is 15.5 Å². The predicted molar refractivity (Wildman–Crippen MR) is 104 cm³/mol. The number of amides is 1. The molecule has 0 aliphatic heterocycles. The quantitative estimate of drug-likeness (QED) is 0.595. The summed E-state index contributed by atoms with van der Waals surface area (Å²) in [6.45, 7) is 0.485. The molecule has 0 radical (unpaired) electrons. The number of hydrogen-bond donors (Lipinski definition) is 1. The summed E-state index contributed by atoms with van der Waals surface area (Å²) in [5.41, 5.74) is 1.29. The zero-order valence-electron chi connectivity index (χ0n) is 16.3. The number of nitrogens with zero attached hydrogens (tertiary/aromatic N) is 2. The third-order valence-corrected chi connectivity index (χ3v) is 4.33. The lowest BCUT2D eigenvalue weighted by Crippen LogP contribution is -2.25. The fourth-order valence-corrected chi connectivity index (χ4v) is 2.80. The summed E-state index contributed by atoms with van der Waals surface area (Å²) in [6, 6.07) is 11.8. The summed E-state index contributed by atoms with van der Waals surface area (Å²) in [5.74, 6) is 1.22. The molecule has 0 fully saturated rings. The number of aromatic nitrogens is 2. The highest BCUT2D eigenvalue weighted by Crippen LogP contribution is 2.27. The number of nitrogens with one attached hydrogen (secondary N) is 1. The van der Waals surface area contributed by atoms with Crippen LogP contribution in [0.2, 0.25) is 0 Å². The minimum absolute atomic E-state index is 0.129. The zero-order valence-corrected chi connectivity index (χ0v) is 16.3. The van der Waals surface area contributed by atoms with E-state index < -0.39 is 5.82 Å². The Kier molecular flexibility index (Phi) is 6.78. The average molecular weight is 399 g/mol. The third kappa shape index (κ3) is 5.31. The van der Waals surface area contributed by atoms with Gasteiger partial charge in [0.25, 0.3) is 0 Å². The molecule has 0 spiro atoms. The maximum atomic E-state index is 13.8. The molecule has 0 aliphatic rings. The number of ether oxygens (including phenoxy) is 2. The van der Waals surface area contributed by atoms with Crippen molar-refractivity contribution in [2.45, 2.75) is 19.3 Å². The van der Waals surface area contributed by atoms with Crippen LogP contribution in [-0.4, -0.2) is 36.8 Å². The Labute approximate surface area is 167 Å². The molecule has 0 atom stereocenters. The van der Waals surface area contributed by atoms with Crippen LogP contribution in [0.3, 0.4) is 0 Å². The fourth-order valence-electron chi connectivity index (χ4n) is 2.80. The van der Waals surface area contributed by atoms with E-state index in [0.717, 1.165) is 5.56 Å². The number of rotatable bonds is 9. The number of benzene rings is 2. The van der Waals surface area contributed by atoms with Crippen LogP contribution in [0.5, 0.6) is 11.5 Å². The van der Waals surface area contributed by atoms with E-state index in [-0.39, 0.29) is 30.1 Å². The van der Waals surface area contributed by atoms with Gasteiger partial charge < -0.3 is 19.3 Å². The molecule has 0 saturated carbocycles. The monoisotopic (exact) mass is 399 g/mol. The molecule has 3 aromatic rings.